The van der Waals surface area contributed by atoms with E-state index < -0.39 is 46.8 Å². The van der Waals surface area contributed by atoms with Crippen LogP contribution in [0.3, 0.4) is 0 Å². The summed E-state index contributed by atoms with van der Waals surface area (Å²) >= 11 is 0. The van der Waals surface area contributed by atoms with Gasteiger partial charge in [0.2, 0.25) is 0 Å². The predicted molar refractivity (Wildman–Crippen MR) is 107 cm³/mol. The van der Waals surface area contributed by atoms with Crippen LogP contribution in [0.15, 0.2) is 18.3 Å². The Labute approximate surface area is 189 Å². The molecule has 2 aromatic heterocycles. The van der Waals surface area contributed by atoms with Gasteiger partial charge in [0, 0.05) is 30.9 Å². The molecule has 3 heterocycles. The normalized spacial score (nSPS) is 18.4. The van der Waals surface area contributed by atoms with E-state index in [0.717, 1.165) is 18.3 Å². The van der Waals surface area contributed by atoms with Crippen LogP contribution in [-0.2, 0) is 19.6 Å². The van der Waals surface area contributed by atoms with E-state index in [0.29, 0.717) is 29.8 Å². The Kier molecular flexibility index (Phi) is 5.03. The van der Waals surface area contributed by atoms with Gasteiger partial charge in [-0.15, -0.1) is 0 Å². The minimum Gasteiger partial charge on any atom is -0.330 e. The molecule has 34 heavy (non-hydrogen) atoms. The molecule has 0 saturated heterocycles. The third-order valence-electron chi connectivity index (χ3n) is 6.31. The van der Waals surface area contributed by atoms with Gasteiger partial charge >= 0.3 is 6.18 Å². The Hall–Kier alpha value is -3.31. The second kappa shape index (κ2) is 7.60. The van der Waals surface area contributed by atoms with E-state index in [1.54, 1.807) is 6.92 Å². The summed E-state index contributed by atoms with van der Waals surface area (Å²) in [7, 11) is 1.53. The molecule has 1 aliphatic heterocycles. The zero-order valence-corrected chi connectivity index (χ0v) is 18.1. The average Bonchev–Trinajstić information content (AvgIpc) is 3.40. The lowest BCUT2D eigenvalue weighted by Crippen LogP contribution is -2.39. The molecule has 1 saturated carbocycles. The number of halogens is 6. The molecule has 1 aliphatic carbocycles. The Morgan fingerprint density at radius 2 is 1.74 bits per heavy atom. The molecule has 1 amide bonds. The number of benzene rings is 1. The zero-order valence-electron chi connectivity index (χ0n) is 18.1. The zero-order chi connectivity index (χ0) is 24.5. The van der Waals surface area contributed by atoms with Crippen molar-refractivity contribution in [2.45, 2.75) is 44.4 Å². The number of hydrogen-bond donors (Lipinski definition) is 0. The summed E-state index contributed by atoms with van der Waals surface area (Å²) in [5.41, 5.74) is -0.330. The highest BCUT2D eigenvalue weighted by molar-refractivity contribution is 5.96. The molecular formula is C22H19F6N5O. The first-order valence-electron chi connectivity index (χ1n) is 10.6. The minimum atomic E-state index is -4.79. The first-order chi connectivity index (χ1) is 16.0. The van der Waals surface area contributed by atoms with Gasteiger partial charge in [-0.05, 0) is 38.3 Å². The maximum Gasteiger partial charge on any atom is 0.435 e. The number of fused-ring (bicyclic) bond motifs is 1. The summed E-state index contributed by atoms with van der Waals surface area (Å²) in [5.74, 6) is -5.10. The number of nitrogens with zero attached hydrogens (tertiary/aromatic N) is 5. The number of rotatable bonds is 3. The summed E-state index contributed by atoms with van der Waals surface area (Å²) < 4.78 is 84.4. The molecule has 180 valence electrons. The van der Waals surface area contributed by atoms with Gasteiger partial charge < -0.3 is 4.90 Å². The summed E-state index contributed by atoms with van der Waals surface area (Å²) in [5, 5.41) is 8.01. The monoisotopic (exact) mass is 483 g/mol. The molecule has 1 aromatic carbocycles. The summed E-state index contributed by atoms with van der Waals surface area (Å²) in [4.78, 5) is 14.5. The van der Waals surface area contributed by atoms with E-state index in [9.17, 15) is 31.1 Å². The second-order valence-corrected chi connectivity index (χ2v) is 8.61. The molecule has 3 aromatic rings. The second-order valence-electron chi connectivity index (χ2n) is 8.61. The number of amides is 1. The fourth-order valence-corrected chi connectivity index (χ4v) is 4.51. The lowest BCUT2D eigenvalue weighted by Gasteiger charge is -2.33. The first kappa shape index (κ1) is 22.5. The maximum atomic E-state index is 13.8. The van der Waals surface area contributed by atoms with E-state index in [2.05, 4.69) is 10.2 Å². The fourth-order valence-electron chi connectivity index (χ4n) is 4.51. The smallest absolute Gasteiger partial charge is 0.330 e. The molecular weight excluding hydrogens is 464 g/mol. The molecule has 0 bridgehead atoms. The molecule has 6 nitrogen and oxygen atoms in total. The lowest BCUT2D eigenvalue weighted by molar-refractivity contribution is -0.141. The van der Waals surface area contributed by atoms with Crippen LogP contribution in [-0.4, -0.2) is 36.9 Å². The van der Waals surface area contributed by atoms with Crippen molar-refractivity contribution in [3.8, 4) is 11.3 Å². The van der Waals surface area contributed by atoms with Crippen LogP contribution < -0.4 is 0 Å². The molecule has 0 spiro atoms. The Bertz CT molecular complexity index is 1280. The number of aromatic nitrogens is 4. The first-order valence-corrected chi connectivity index (χ1v) is 10.6. The number of carbonyl (C=O) groups is 1. The SMILES string of the molecule is C[C@H]1c2nn(C)c(-c3cc(F)c(F)c(F)c3)c2CCN1C(=O)c1cn(C2CC2)nc1C(F)(F)F. The van der Waals surface area contributed by atoms with Crippen LogP contribution in [0, 0.1) is 17.5 Å². The summed E-state index contributed by atoms with van der Waals surface area (Å²) in [6, 6.07) is 0.874. The Morgan fingerprint density at radius 3 is 2.32 bits per heavy atom. The molecule has 0 N–H and O–H groups in total. The highest BCUT2D eigenvalue weighted by Gasteiger charge is 2.43. The predicted octanol–water partition coefficient (Wildman–Crippen LogP) is 4.81. The van der Waals surface area contributed by atoms with Crippen molar-refractivity contribution in [2.24, 2.45) is 7.05 Å². The molecule has 12 heteroatoms. The van der Waals surface area contributed by atoms with Crippen molar-refractivity contribution >= 4 is 5.91 Å². The van der Waals surface area contributed by atoms with Crippen LogP contribution in [0.4, 0.5) is 26.3 Å². The van der Waals surface area contributed by atoms with E-state index >= 15 is 0 Å². The molecule has 1 atom stereocenters. The highest BCUT2D eigenvalue weighted by Crippen LogP contribution is 2.40. The van der Waals surface area contributed by atoms with Crippen LogP contribution >= 0.6 is 0 Å². The van der Waals surface area contributed by atoms with Crippen molar-refractivity contribution in [3.63, 3.8) is 0 Å². The van der Waals surface area contributed by atoms with Crippen molar-refractivity contribution < 1.29 is 31.1 Å². The standard InChI is InChI=1S/C22H19F6N5O/c1-10-18-13(19(31(2)29-18)11-7-15(23)17(25)16(24)8-11)5-6-32(10)21(34)14-9-33(12-3-4-12)30-20(14)22(26,27)28/h7-10,12H,3-6H2,1-2H3/t10-/m0/s1. The van der Waals surface area contributed by atoms with Crippen molar-refractivity contribution in [1.29, 1.82) is 0 Å². The van der Waals surface area contributed by atoms with Gasteiger partial charge in [-0.2, -0.15) is 23.4 Å². The minimum absolute atomic E-state index is 0.0593. The van der Waals surface area contributed by atoms with Gasteiger partial charge in [-0.1, -0.05) is 0 Å². The summed E-state index contributed by atoms with van der Waals surface area (Å²) in [6.45, 7) is 1.68. The van der Waals surface area contributed by atoms with Gasteiger partial charge in [0.05, 0.1) is 29.0 Å². The van der Waals surface area contributed by atoms with Gasteiger partial charge in [-0.25, -0.2) is 13.2 Å². The molecule has 1 fully saturated rings. The molecule has 0 radical (unpaired) electrons. The van der Waals surface area contributed by atoms with Crippen LogP contribution in [0.1, 0.15) is 59.2 Å². The molecule has 0 unspecified atom stereocenters. The van der Waals surface area contributed by atoms with Crippen molar-refractivity contribution in [1.82, 2.24) is 24.5 Å². The third kappa shape index (κ3) is 3.55. The van der Waals surface area contributed by atoms with E-state index in [-0.39, 0.29) is 24.6 Å². The van der Waals surface area contributed by atoms with E-state index in [1.807, 2.05) is 0 Å². The summed E-state index contributed by atoms with van der Waals surface area (Å²) in [6.07, 6.45) is -2.04. The molecule has 5 rings (SSSR count). The largest absolute Gasteiger partial charge is 0.435 e. The Morgan fingerprint density at radius 1 is 1.09 bits per heavy atom. The van der Waals surface area contributed by atoms with Crippen molar-refractivity contribution in [3.05, 3.63) is 58.3 Å². The topological polar surface area (TPSA) is 56.0 Å². The number of carbonyl (C=O) groups excluding carboxylic acids is 1. The maximum absolute atomic E-state index is 13.8. The van der Waals surface area contributed by atoms with Crippen molar-refractivity contribution in [2.75, 3.05) is 6.54 Å². The average molecular weight is 483 g/mol. The van der Waals surface area contributed by atoms with Crippen LogP contribution in [0.25, 0.3) is 11.3 Å². The molecule has 2 aliphatic rings. The van der Waals surface area contributed by atoms with Crippen LogP contribution in [0.2, 0.25) is 0 Å². The quantitative estimate of drug-likeness (QED) is 0.397. The van der Waals surface area contributed by atoms with Gasteiger partial charge in [0.1, 0.15) is 0 Å². The van der Waals surface area contributed by atoms with Gasteiger partial charge in [-0.3, -0.25) is 14.2 Å². The van der Waals surface area contributed by atoms with Crippen LogP contribution in [0.5, 0.6) is 0 Å². The third-order valence-corrected chi connectivity index (χ3v) is 6.31. The fraction of sp³-hybridized carbons (Fsp3) is 0.409. The highest BCUT2D eigenvalue weighted by atomic mass is 19.4. The van der Waals surface area contributed by atoms with Gasteiger partial charge in [0.25, 0.3) is 5.91 Å². The van der Waals surface area contributed by atoms with Gasteiger partial charge in [0.15, 0.2) is 23.1 Å². The Balaban J connectivity index is 1.51. The number of alkyl halides is 3. The lowest BCUT2D eigenvalue weighted by atomic mass is 9.95. The van der Waals surface area contributed by atoms with E-state index in [1.165, 1.54) is 21.3 Å². The van der Waals surface area contributed by atoms with E-state index in [4.69, 9.17) is 0 Å². The number of hydrogen-bond acceptors (Lipinski definition) is 3. The number of aryl methyl sites for hydroxylation is 1.